The lowest BCUT2D eigenvalue weighted by Gasteiger charge is -2.32. The van der Waals surface area contributed by atoms with Gasteiger partial charge in [-0.3, -0.25) is 4.99 Å². The molecule has 146 valence electrons. The molecule has 1 aromatic rings. The SMILES string of the molecule is CN=C(NCCc1ccc(F)cc1Cl)NC1CCN(C(=O)OC)CC1.I. The van der Waals surface area contributed by atoms with Gasteiger partial charge < -0.3 is 20.3 Å². The van der Waals surface area contributed by atoms with E-state index < -0.39 is 0 Å². The molecular weight excluding hydrogens is 474 g/mol. The topological polar surface area (TPSA) is 66.0 Å². The van der Waals surface area contributed by atoms with Crippen molar-refractivity contribution in [3.8, 4) is 0 Å². The maximum Gasteiger partial charge on any atom is 0.409 e. The first kappa shape index (κ1) is 22.8. The van der Waals surface area contributed by atoms with Gasteiger partial charge in [0.25, 0.3) is 0 Å². The highest BCUT2D eigenvalue weighted by Crippen LogP contribution is 2.17. The van der Waals surface area contributed by atoms with E-state index in [0.29, 0.717) is 37.0 Å². The smallest absolute Gasteiger partial charge is 0.409 e. The highest BCUT2D eigenvalue weighted by Gasteiger charge is 2.23. The number of piperidine rings is 1. The molecule has 0 atom stereocenters. The summed E-state index contributed by atoms with van der Waals surface area (Å²) in [6, 6.07) is 4.67. The Hall–Kier alpha value is -1.29. The largest absolute Gasteiger partial charge is 0.453 e. The van der Waals surface area contributed by atoms with Crippen LogP contribution in [0, 0.1) is 5.82 Å². The first-order chi connectivity index (χ1) is 12.0. The molecule has 2 N–H and O–H groups in total. The lowest BCUT2D eigenvalue weighted by atomic mass is 10.1. The Morgan fingerprint density at radius 3 is 2.69 bits per heavy atom. The number of hydrogen-bond acceptors (Lipinski definition) is 3. The molecule has 2 rings (SSSR count). The van der Waals surface area contributed by atoms with E-state index in [4.69, 9.17) is 16.3 Å². The van der Waals surface area contributed by atoms with Crippen LogP contribution in [0.15, 0.2) is 23.2 Å². The van der Waals surface area contributed by atoms with Crippen molar-refractivity contribution in [3.05, 3.63) is 34.6 Å². The van der Waals surface area contributed by atoms with Gasteiger partial charge in [-0.1, -0.05) is 17.7 Å². The normalized spacial score (nSPS) is 15.2. The van der Waals surface area contributed by atoms with E-state index in [1.807, 2.05) is 0 Å². The van der Waals surface area contributed by atoms with Gasteiger partial charge in [0.1, 0.15) is 5.82 Å². The Morgan fingerprint density at radius 2 is 2.12 bits per heavy atom. The minimum Gasteiger partial charge on any atom is -0.453 e. The number of aliphatic imine (C=N–C) groups is 1. The molecule has 1 aromatic carbocycles. The van der Waals surface area contributed by atoms with Gasteiger partial charge in [-0.2, -0.15) is 0 Å². The summed E-state index contributed by atoms with van der Waals surface area (Å²) < 4.78 is 17.8. The van der Waals surface area contributed by atoms with Gasteiger partial charge in [0.05, 0.1) is 7.11 Å². The number of amides is 1. The first-order valence-corrected chi connectivity index (χ1v) is 8.65. The molecule has 1 aliphatic rings. The van der Waals surface area contributed by atoms with E-state index in [1.54, 1.807) is 18.0 Å². The molecule has 0 aliphatic carbocycles. The first-order valence-electron chi connectivity index (χ1n) is 8.27. The summed E-state index contributed by atoms with van der Waals surface area (Å²) >= 11 is 6.03. The second kappa shape index (κ2) is 11.4. The van der Waals surface area contributed by atoms with Crippen LogP contribution >= 0.6 is 35.6 Å². The molecule has 1 fully saturated rings. The second-order valence-electron chi connectivity index (χ2n) is 5.86. The third-order valence-electron chi connectivity index (χ3n) is 4.19. The lowest BCUT2D eigenvalue weighted by molar-refractivity contribution is 0.111. The summed E-state index contributed by atoms with van der Waals surface area (Å²) in [6.07, 6.45) is 2.05. The van der Waals surface area contributed by atoms with E-state index in [0.717, 1.165) is 18.4 Å². The average Bonchev–Trinajstić information content (AvgIpc) is 2.62. The molecule has 0 saturated carbocycles. The predicted octanol–water partition coefficient (Wildman–Crippen LogP) is 3.04. The molecular formula is C17H25ClFIN4O2. The lowest BCUT2D eigenvalue weighted by Crippen LogP contribution is -2.50. The summed E-state index contributed by atoms with van der Waals surface area (Å²) in [5.74, 6) is 0.368. The Labute approximate surface area is 175 Å². The molecule has 0 radical (unpaired) electrons. The summed E-state index contributed by atoms with van der Waals surface area (Å²) in [5, 5.41) is 7.02. The van der Waals surface area contributed by atoms with Crippen LogP contribution in [-0.2, 0) is 11.2 Å². The molecule has 0 spiro atoms. The summed E-state index contributed by atoms with van der Waals surface area (Å²) in [6.45, 7) is 1.95. The zero-order valence-corrected chi connectivity index (χ0v) is 18.0. The number of ether oxygens (including phenoxy) is 1. The third kappa shape index (κ3) is 6.79. The Morgan fingerprint density at radius 1 is 1.42 bits per heavy atom. The van der Waals surface area contributed by atoms with Gasteiger partial charge in [-0.15, -0.1) is 24.0 Å². The number of nitrogens with one attached hydrogen (secondary N) is 2. The van der Waals surface area contributed by atoms with Crippen molar-refractivity contribution in [2.45, 2.75) is 25.3 Å². The highest BCUT2D eigenvalue weighted by atomic mass is 127. The van der Waals surface area contributed by atoms with Crippen molar-refractivity contribution in [1.29, 1.82) is 0 Å². The van der Waals surface area contributed by atoms with E-state index in [9.17, 15) is 9.18 Å². The van der Waals surface area contributed by atoms with Crippen molar-refractivity contribution < 1.29 is 13.9 Å². The Balaban J connectivity index is 0.00000338. The summed E-state index contributed by atoms with van der Waals surface area (Å²) in [5.41, 5.74) is 0.886. The number of guanidine groups is 1. The second-order valence-corrected chi connectivity index (χ2v) is 6.27. The molecule has 1 amide bonds. The Bertz CT molecular complexity index is 625. The summed E-state index contributed by atoms with van der Waals surface area (Å²) in [4.78, 5) is 17.4. The van der Waals surface area contributed by atoms with Gasteiger partial charge in [0.2, 0.25) is 0 Å². The number of nitrogens with zero attached hydrogens (tertiary/aromatic N) is 2. The van der Waals surface area contributed by atoms with Crippen LogP contribution in [-0.4, -0.2) is 56.8 Å². The maximum atomic E-state index is 13.1. The number of rotatable bonds is 4. The van der Waals surface area contributed by atoms with Crippen LogP contribution in [0.4, 0.5) is 9.18 Å². The average molecular weight is 499 g/mol. The number of hydrogen-bond donors (Lipinski definition) is 2. The highest BCUT2D eigenvalue weighted by molar-refractivity contribution is 14.0. The number of carbonyl (C=O) groups excluding carboxylic acids is 1. The molecule has 0 aromatic heterocycles. The fourth-order valence-corrected chi connectivity index (χ4v) is 3.03. The van der Waals surface area contributed by atoms with Crippen LogP contribution < -0.4 is 10.6 Å². The molecule has 0 bridgehead atoms. The van der Waals surface area contributed by atoms with Crippen molar-refractivity contribution in [2.24, 2.45) is 4.99 Å². The zero-order chi connectivity index (χ0) is 18.2. The van der Waals surface area contributed by atoms with Crippen molar-refractivity contribution >= 4 is 47.6 Å². The minimum atomic E-state index is -0.336. The molecule has 1 saturated heterocycles. The van der Waals surface area contributed by atoms with E-state index in [-0.39, 0.29) is 41.9 Å². The van der Waals surface area contributed by atoms with E-state index in [1.165, 1.54) is 19.2 Å². The fourth-order valence-electron chi connectivity index (χ4n) is 2.76. The Kier molecular flexibility index (Phi) is 10.0. The molecule has 1 heterocycles. The number of methoxy groups -OCH3 is 1. The number of halogens is 3. The van der Waals surface area contributed by atoms with Crippen molar-refractivity contribution in [2.75, 3.05) is 33.8 Å². The third-order valence-corrected chi connectivity index (χ3v) is 4.55. The van der Waals surface area contributed by atoms with Crippen LogP contribution in [0.2, 0.25) is 5.02 Å². The minimum absolute atomic E-state index is 0. The predicted molar refractivity (Wildman–Crippen MR) is 112 cm³/mol. The van der Waals surface area contributed by atoms with Crippen LogP contribution in [0.1, 0.15) is 18.4 Å². The monoisotopic (exact) mass is 498 g/mol. The maximum absolute atomic E-state index is 13.1. The molecule has 1 aliphatic heterocycles. The van der Waals surface area contributed by atoms with E-state index >= 15 is 0 Å². The zero-order valence-electron chi connectivity index (χ0n) is 14.9. The van der Waals surface area contributed by atoms with Gasteiger partial charge in [-0.05, 0) is 37.0 Å². The van der Waals surface area contributed by atoms with Crippen LogP contribution in [0.5, 0.6) is 0 Å². The van der Waals surface area contributed by atoms with Gasteiger partial charge in [0.15, 0.2) is 5.96 Å². The van der Waals surface area contributed by atoms with Gasteiger partial charge in [-0.25, -0.2) is 9.18 Å². The number of carbonyl (C=O) groups is 1. The van der Waals surface area contributed by atoms with Crippen molar-refractivity contribution in [1.82, 2.24) is 15.5 Å². The van der Waals surface area contributed by atoms with Gasteiger partial charge in [0, 0.05) is 37.7 Å². The van der Waals surface area contributed by atoms with Crippen LogP contribution in [0.3, 0.4) is 0 Å². The molecule has 6 nitrogen and oxygen atoms in total. The van der Waals surface area contributed by atoms with E-state index in [2.05, 4.69) is 15.6 Å². The standard InChI is InChI=1S/C17H24ClFN4O2.HI/c1-20-16(21-8-5-12-3-4-13(19)11-15(12)18)22-14-6-9-23(10-7-14)17(24)25-2;/h3-4,11,14H,5-10H2,1-2H3,(H2,20,21,22);1H. The van der Waals surface area contributed by atoms with Gasteiger partial charge >= 0.3 is 6.09 Å². The molecule has 9 heteroatoms. The van der Waals surface area contributed by atoms with Crippen molar-refractivity contribution in [3.63, 3.8) is 0 Å². The number of benzene rings is 1. The molecule has 0 unspecified atom stereocenters. The molecule has 26 heavy (non-hydrogen) atoms. The number of likely N-dealkylation sites (tertiary alicyclic amines) is 1. The van der Waals surface area contributed by atoms with Crippen LogP contribution in [0.25, 0.3) is 0 Å². The fraction of sp³-hybridized carbons (Fsp3) is 0.529. The quantitative estimate of drug-likeness (QED) is 0.381. The summed E-state index contributed by atoms with van der Waals surface area (Å²) in [7, 11) is 3.11.